The molecule has 1 nitrogen and oxygen atoms in total. The average Bonchev–Trinajstić information content (AvgIpc) is 2.47. The molecule has 0 aromatic heterocycles. The molecule has 3 rings (SSSR count). The van der Waals surface area contributed by atoms with Gasteiger partial charge in [-0.25, -0.2) is 4.39 Å². The minimum atomic E-state index is -0.166. The van der Waals surface area contributed by atoms with Gasteiger partial charge in [0.2, 0.25) is 0 Å². The Morgan fingerprint density at radius 2 is 2.00 bits per heavy atom. The summed E-state index contributed by atoms with van der Waals surface area (Å²) in [7, 11) is 0. The van der Waals surface area contributed by atoms with Crippen molar-refractivity contribution in [3.8, 4) is 0 Å². The number of nitrogens with one attached hydrogen (secondary N) is 1. The minimum absolute atomic E-state index is 0.154. The van der Waals surface area contributed by atoms with E-state index in [4.69, 9.17) is 0 Å². The van der Waals surface area contributed by atoms with Gasteiger partial charge in [0.05, 0.1) is 0 Å². The van der Waals surface area contributed by atoms with Gasteiger partial charge in [-0.1, -0.05) is 36.4 Å². The molecular weight excluding hydrogens is 249 g/mol. The molecule has 0 amide bonds. The summed E-state index contributed by atoms with van der Waals surface area (Å²) in [6, 6.07) is 16.0. The third kappa shape index (κ3) is 2.75. The third-order valence-corrected chi connectivity index (χ3v) is 4.17. The quantitative estimate of drug-likeness (QED) is 0.861. The van der Waals surface area contributed by atoms with Crippen LogP contribution >= 0.6 is 0 Å². The molecule has 0 bridgehead atoms. The van der Waals surface area contributed by atoms with Crippen LogP contribution < -0.4 is 5.32 Å². The minimum Gasteiger partial charge on any atom is -0.303 e. The number of halogens is 1. The molecule has 0 heterocycles. The molecule has 0 fully saturated rings. The van der Waals surface area contributed by atoms with Gasteiger partial charge >= 0.3 is 0 Å². The highest BCUT2D eigenvalue weighted by Gasteiger charge is 2.21. The first-order valence-electron chi connectivity index (χ1n) is 7.33. The van der Waals surface area contributed by atoms with Crippen molar-refractivity contribution in [1.82, 2.24) is 5.32 Å². The summed E-state index contributed by atoms with van der Waals surface area (Å²) in [5.41, 5.74) is 3.86. The lowest BCUT2D eigenvalue weighted by atomic mass is 9.87. The number of benzene rings is 2. The monoisotopic (exact) mass is 269 g/mol. The smallest absolute Gasteiger partial charge is 0.123 e. The van der Waals surface area contributed by atoms with E-state index in [0.29, 0.717) is 6.04 Å². The lowest BCUT2D eigenvalue weighted by molar-refractivity contribution is 0.414. The second kappa shape index (κ2) is 5.76. The molecule has 2 unspecified atom stereocenters. The van der Waals surface area contributed by atoms with Crippen LogP contribution in [0.2, 0.25) is 0 Å². The van der Waals surface area contributed by atoms with Crippen molar-refractivity contribution in [2.24, 2.45) is 0 Å². The van der Waals surface area contributed by atoms with E-state index in [2.05, 4.69) is 36.5 Å². The molecule has 20 heavy (non-hydrogen) atoms. The molecule has 0 radical (unpaired) electrons. The standard InChI is InChI=1S/C18H20FN/c1-13(15-8-4-9-16(19)12-15)20-18-11-5-7-14-6-2-3-10-17(14)18/h2-4,6,8-10,12-13,18,20H,5,7,11H2,1H3. The van der Waals surface area contributed by atoms with Gasteiger partial charge in [0.15, 0.2) is 0 Å². The van der Waals surface area contributed by atoms with Gasteiger partial charge in [-0.2, -0.15) is 0 Å². The second-order valence-electron chi connectivity index (χ2n) is 5.59. The van der Waals surface area contributed by atoms with Crippen molar-refractivity contribution in [2.45, 2.75) is 38.3 Å². The van der Waals surface area contributed by atoms with Crippen LogP contribution in [0.25, 0.3) is 0 Å². The number of fused-ring (bicyclic) bond motifs is 1. The molecule has 0 aliphatic heterocycles. The summed E-state index contributed by atoms with van der Waals surface area (Å²) < 4.78 is 13.3. The molecule has 1 aliphatic rings. The van der Waals surface area contributed by atoms with Gasteiger partial charge in [-0.15, -0.1) is 0 Å². The van der Waals surface area contributed by atoms with E-state index >= 15 is 0 Å². The summed E-state index contributed by atoms with van der Waals surface area (Å²) in [6.45, 7) is 2.10. The molecule has 0 saturated carbocycles. The van der Waals surface area contributed by atoms with Crippen LogP contribution in [0.1, 0.15) is 48.5 Å². The first-order valence-corrected chi connectivity index (χ1v) is 7.33. The third-order valence-electron chi connectivity index (χ3n) is 4.17. The maximum absolute atomic E-state index is 13.3. The van der Waals surface area contributed by atoms with E-state index in [1.165, 1.54) is 30.0 Å². The number of rotatable bonds is 3. The predicted molar refractivity (Wildman–Crippen MR) is 80.1 cm³/mol. The Labute approximate surface area is 119 Å². The fourth-order valence-electron chi connectivity index (χ4n) is 3.10. The molecular formula is C18H20FN. The molecule has 1 aliphatic carbocycles. The molecule has 104 valence electrons. The Balaban J connectivity index is 1.79. The van der Waals surface area contributed by atoms with Gasteiger partial charge in [0, 0.05) is 12.1 Å². The van der Waals surface area contributed by atoms with E-state index in [-0.39, 0.29) is 11.9 Å². The van der Waals surface area contributed by atoms with Gasteiger partial charge in [-0.3, -0.25) is 0 Å². The van der Waals surface area contributed by atoms with Crippen LogP contribution in [-0.4, -0.2) is 0 Å². The maximum Gasteiger partial charge on any atom is 0.123 e. The molecule has 1 N–H and O–H groups in total. The van der Waals surface area contributed by atoms with Crippen molar-refractivity contribution < 1.29 is 4.39 Å². The number of hydrogen-bond donors (Lipinski definition) is 1. The Kier molecular flexibility index (Phi) is 3.83. The Morgan fingerprint density at radius 3 is 2.85 bits per heavy atom. The topological polar surface area (TPSA) is 12.0 Å². The number of hydrogen-bond acceptors (Lipinski definition) is 1. The average molecular weight is 269 g/mol. The molecule has 2 aromatic carbocycles. The molecule has 2 atom stereocenters. The Hall–Kier alpha value is -1.67. The fourth-order valence-corrected chi connectivity index (χ4v) is 3.10. The van der Waals surface area contributed by atoms with Gasteiger partial charge < -0.3 is 5.32 Å². The Bertz CT molecular complexity index is 593. The van der Waals surface area contributed by atoms with Crippen molar-refractivity contribution in [1.29, 1.82) is 0 Å². The molecule has 0 spiro atoms. The lowest BCUT2D eigenvalue weighted by Crippen LogP contribution is -2.27. The van der Waals surface area contributed by atoms with E-state index in [9.17, 15) is 4.39 Å². The van der Waals surface area contributed by atoms with Crippen molar-refractivity contribution in [3.63, 3.8) is 0 Å². The second-order valence-corrected chi connectivity index (χ2v) is 5.59. The number of aryl methyl sites for hydroxylation is 1. The highest BCUT2D eigenvalue weighted by molar-refractivity contribution is 5.32. The van der Waals surface area contributed by atoms with E-state index in [0.717, 1.165) is 12.0 Å². The zero-order valence-corrected chi connectivity index (χ0v) is 11.8. The molecule has 0 saturated heterocycles. The summed E-state index contributed by atoms with van der Waals surface area (Å²) in [4.78, 5) is 0. The SMILES string of the molecule is CC(NC1CCCc2ccccc21)c1cccc(F)c1. The van der Waals surface area contributed by atoms with Gasteiger partial charge in [0.1, 0.15) is 5.82 Å². The normalized spacial score (nSPS) is 19.4. The summed E-state index contributed by atoms with van der Waals surface area (Å²) in [6.07, 6.45) is 3.53. The van der Waals surface area contributed by atoms with Gasteiger partial charge in [-0.05, 0) is 55.0 Å². The summed E-state index contributed by atoms with van der Waals surface area (Å²) in [5.74, 6) is -0.166. The van der Waals surface area contributed by atoms with E-state index in [1.54, 1.807) is 12.1 Å². The first-order chi connectivity index (χ1) is 9.74. The van der Waals surface area contributed by atoms with Crippen LogP contribution in [-0.2, 0) is 6.42 Å². The first kappa shape index (κ1) is 13.3. The lowest BCUT2D eigenvalue weighted by Gasteiger charge is -2.29. The summed E-state index contributed by atoms with van der Waals surface area (Å²) in [5, 5.41) is 3.65. The van der Waals surface area contributed by atoms with Crippen LogP contribution in [0.15, 0.2) is 48.5 Å². The zero-order valence-electron chi connectivity index (χ0n) is 11.8. The molecule has 2 heteroatoms. The van der Waals surface area contributed by atoms with Crippen LogP contribution in [0.3, 0.4) is 0 Å². The largest absolute Gasteiger partial charge is 0.303 e. The van der Waals surface area contributed by atoms with Crippen LogP contribution in [0.4, 0.5) is 4.39 Å². The highest BCUT2D eigenvalue weighted by atomic mass is 19.1. The van der Waals surface area contributed by atoms with Crippen LogP contribution in [0.5, 0.6) is 0 Å². The van der Waals surface area contributed by atoms with E-state index in [1.807, 2.05) is 6.07 Å². The van der Waals surface area contributed by atoms with Gasteiger partial charge in [0.25, 0.3) is 0 Å². The molecule has 2 aromatic rings. The van der Waals surface area contributed by atoms with Crippen LogP contribution in [0, 0.1) is 5.82 Å². The van der Waals surface area contributed by atoms with Crippen molar-refractivity contribution >= 4 is 0 Å². The summed E-state index contributed by atoms with van der Waals surface area (Å²) >= 11 is 0. The van der Waals surface area contributed by atoms with Crippen molar-refractivity contribution in [3.05, 3.63) is 71.0 Å². The maximum atomic E-state index is 13.3. The highest BCUT2D eigenvalue weighted by Crippen LogP contribution is 2.31. The van der Waals surface area contributed by atoms with Crippen molar-refractivity contribution in [2.75, 3.05) is 0 Å². The predicted octanol–water partition coefficient (Wildman–Crippen LogP) is 4.55. The fraction of sp³-hybridized carbons (Fsp3) is 0.333. The Morgan fingerprint density at radius 1 is 1.15 bits per heavy atom. The van der Waals surface area contributed by atoms with E-state index < -0.39 is 0 Å². The zero-order chi connectivity index (χ0) is 13.9.